The minimum Gasteiger partial charge on any atom is -0.507 e. The molecule has 0 aromatic heterocycles. The highest BCUT2D eigenvalue weighted by Crippen LogP contribution is 2.46. The van der Waals surface area contributed by atoms with Crippen LogP contribution >= 0.6 is 0 Å². The number of fused-ring (bicyclic) bond motifs is 1. The van der Waals surface area contributed by atoms with Crippen molar-refractivity contribution in [3.63, 3.8) is 0 Å². The van der Waals surface area contributed by atoms with Crippen LogP contribution in [0.25, 0.3) is 0 Å². The average molecular weight is 362 g/mol. The van der Waals surface area contributed by atoms with Crippen LogP contribution < -0.4 is 4.74 Å². The van der Waals surface area contributed by atoms with Gasteiger partial charge in [0.05, 0.1) is 6.61 Å². The van der Waals surface area contributed by atoms with Gasteiger partial charge in [0.2, 0.25) is 5.60 Å². The van der Waals surface area contributed by atoms with Crippen LogP contribution in [0.3, 0.4) is 0 Å². The maximum Gasteiger partial charge on any atom is 0.348 e. The molecule has 2 atom stereocenters. The van der Waals surface area contributed by atoms with E-state index in [9.17, 15) is 19.8 Å². The van der Waals surface area contributed by atoms with Crippen LogP contribution in [0.15, 0.2) is 12.2 Å². The summed E-state index contributed by atoms with van der Waals surface area (Å²) in [7, 11) is 0. The highest BCUT2D eigenvalue weighted by molar-refractivity contribution is 5.86. The second kappa shape index (κ2) is 7.02. The molecule has 0 bridgehead atoms. The quantitative estimate of drug-likeness (QED) is 0.617. The van der Waals surface area contributed by atoms with Gasteiger partial charge in [-0.3, -0.25) is 0 Å². The molecular weight excluding hydrogens is 336 g/mol. The number of phenolic OH excluding ortho intramolecular Hbond substituents is 1. The van der Waals surface area contributed by atoms with Crippen molar-refractivity contribution in [2.75, 3.05) is 6.61 Å². The number of ether oxygens (including phenoxy) is 2. The Morgan fingerprint density at radius 1 is 1.27 bits per heavy atom. The maximum absolute atomic E-state index is 12.0. The molecule has 2 rings (SSSR count). The number of benzene rings is 1. The first-order valence-corrected chi connectivity index (χ1v) is 8.57. The zero-order chi connectivity index (χ0) is 19.8. The van der Waals surface area contributed by atoms with E-state index in [-0.39, 0.29) is 12.4 Å². The minimum atomic E-state index is -1.44. The first-order chi connectivity index (χ1) is 12.0. The van der Waals surface area contributed by atoms with Crippen LogP contribution in [0.1, 0.15) is 42.5 Å². The normalized spacial score (nSPS) is 21.5. The number of phenols is 1. The molecule has 0 spiro atoms. The molecular formula is C20H26O6. The lowest BCUT2D eigenvalue weighted by Crippen LogP contribution is -2.52. The summed E-state index contributed by atoms with van der Waals surface area (Å²) in [6.45, 7) is 12.1. The van der Waals surface area contributed by atoms with Gasteiger partial charge in [-0.05, 0) is 64.2 Å². The third-order valence-electron chi connectivity index (χ3n) is 5.36. The van der Waals surface area contributed by atoms with Gasteiger partial charge < -0.3 is 19.7 Å². The van der Waals surface area contributed by atoms with E-state index in [0.717, 1.165) is 11.1 Å². The van der Waals surface area contributed by atoms with E-state index in [1.54, 1.807) is 27.7 Å². The van der Waals surface area contributed by atoms with Crippen molar-refractivity contribution in [3.8, 4) is 11.5 Å². The van der Waals surface area contributed by atoms with Crippen molar-refractivity contribution >= 4 is 11.9 Å². The fourth-order valence-electron chi connectivity index (χ4n) is 3.30. The van der Waals surface area contributed by atoms with Gasteiger partial charge in [-0.15, -0.1) is 0 Å². The summed E-state index contributed by atoms with van der Waals surface area (Å²) in [4.78, 5) is 23.5. The molecule has 0 amide bonds. The molecule has 142 valence electrons. The van der Waals surface area contributed by atoms with E-state index in [2.05, 4.69) is 6.58 Å². The Hall–Kier alpha value is -2.50. The molecule has 2 unspecified atom stereocenters. The average Bonchev–Trinajstić information content (AvgIpc) is 2.58. The molecule has 1 aromatic carbocycles. The van der Waals surface area contributed by atoms with Crippen LogP contribution in [0.4, 0.5) is 0 Å². The molecule has 1 aliphatic heterocycles. The van der Waals surface area contributed by atoms with Gasteiger partial charge in [0.15, 0.2) is 0 Å². The van der Waals surface area contributed by atoms with Crippen molar-refractivity contribution in [3.05, 3.63) is 34.4 Å². The molecule has 1 aromatic rings. The summed E-state index contributed by atoms with van der Waals surface area (Å²) in [5.74, 6) is -1.25. The summed E-state index contributed by atoms with van der Waals surface area (Å²) in [5, 5.41) is 20.1. The number of hydrogen-bond acceptors (Lipinski definition) is 5. The summed E-state index contributed by atoms with van der Waals surface area (Å²) in [6.07, 6.45) is 0.748. The Kier molecular flexibility index (Phi) is 5.35. The number of aromatic hydroxyl groups is 1. The van der Waals surface area contributed by atoms with Gasteiger partial charge in [-0.1, -0.05) is 6.58 Å². The second-order valence-corrected chi connectivity index (χ2v) is 7.15. The van der Waals surface area contributed by atoms with Crippen molar-refractivity contribution in [2.24, 2.45) is 5.92 Å². The molecule has 0 saturated heterocycles. The van der Waals surface area contributed by atoms with E-state index >= 15 is 0 Å². The van der Waals surface area contributed by atoms with Crippen LogP contribution in [-0.2, 0) is 20.7 Å². The zero-order valence-electron chi connectivity index (χ0n) is 15.9. The zero-order valence-corrected chi connectivity index (χ0v) is 15.9. The van der Waals surface area contributed by atoms with E-state index in [0.29, 0.717) is 35.3 Å². The standard InChI is InChI=1S/C20H26O6/c1-10(2)18(22)25-8-7-14-9-15-13(5)16(21)11(3)12(4)17(15)26-20(14,6)19(23)24/h14,21H,1,7-9H2,2-6H3,(H,23,24). The van der Waals surface area contributed by atoms with E-state index in [4.69, 9.17) is 9.47 Å². The smallest absolute Gasteiger partial charge is 0.348 e. The predicted molar refractivity (Wildman–Crippen MR) is 96.6 cm³/mol. The van der Waals surface area contributed by atoms with Gasteiger partial charge in [0, 0.05) is 17.1 Å². The lowest BCUT2D eigenvalue weighted by atomic mass is 9.77. The van der Waals surface area contributed by atoms with Crippen LogP contribution in [0.5, 0.6) is 11.5 Å². The number of rotatable bonds is 5. The Balaban J connectivity index is 2.37. The third kappa shape index (κ3) is 3.28. The Morgan fingerprint density at radius 3 is 2.42 bits per heavy atom. The summed E-state index contributed by atoms with van der Waals surface area (Å²) < 4.78 is 11.1. The van der Waals surface area contributed by atoms with Crippen molar-refractivity contribution in [1.82, 2.24) is 0 Å². The van der Waals surface area contributed by atoms with Gasteiger partial charge in [-0.2, -0.15) is 0 Å². The molecule has 1 heterocycles. The van der Waals surface area contributed by atoms with Crippen molar-refractivity contribution < 1.29 is 29.3 Å². The van der Waals surface area contributed by atoms with Crippen molar-refractivity contribution in [2.45, 2.75) is 53.1 Å². The Labute approximate surface area is 153 Å². The number of esters is 1. The Bertz CT molecular complexity index is 779. The monoisotopic (exact) mass is 362 g/mol. The summed E-state index contributed by atoms with van der Waals surface area (Å²) in [5.41, 5.74) is 1.78. The number of carboxylic acid groups (broad SMARTS) is 1. The van der Waals surface area contributed by atoms with E-state index in [1.165, 1.54) is 0 Å². The van der Waals surface area contributed by atoms with Crippen LogP contribution in [-0.4, -0.2) is 34.4 Å². The minimum absolute atomic E-state index is 0.0772. The summed E-state index contributed by atoms with van der Waals surface area (Å²) >= 11 is 0. The van der Waals surface area contributed by atoms with Gasteiger partial charge >= 0.3 is 11.9 Å². The topological polar surface area (TPSA) is 93.1 Å². The largest absolute Gasteiger partial charge is 0.507 e. The molecule has 26 heavy (non-hydrogen) atoms. The number of hydrogen-bond donors (Lipinski definition) is 2. The summed E-state index contributed by atoms with van der Waals surface area (Å²) in [6, 6.07) is 0. The predicted octanol–water partition coefficient (Wildman–Crippen LogP) is 3.22. The third-order valence-corrected chi connectivity index (χ3v) is 5.36. The molecule has 0 radical (unpaired) electrons. The first-order valence-electron chi connectivity index (χ1n) is 8.57. The molecule has 0 aliphatic carbocycles. The lowest BCUT2D eigenvalue weighted by molar-refractivity contribution is -0.161. The molecule has 0 saturated carbocycles. The molecule has 6 heteroatoms. The van der Waals surface area contributed by atoms with Crippen LogP contribution in [0, 0.1) is 26.7 Å². The number of carbonyl (C=O) groups is 2. The van der Waals surface area contributed by atoms with Gasteiger partial charge in [-0.25, -0.2) is 9.59 Å². The first kappa shape index (κ1) is 19.8. The molecule has 6 nitrogen and oxygen atoms in total. The van der Waals surface area contributed by atoms with E-state index in [1.807, 2.05) is 6.92 Å². The van der Waals surface area contributed by atoms with Crippen LogP contribution in [0.2, 0.25) is 0 Å². The van der Waals surface area contributed by atoms with Gasteiger partial charge in [0.1, 0.15) is 11.5 Å². The molecule has 0 fully saturated rings. The molecule has 2 N–H and O–H groups in total. The van der Waals surface area contributed by atoms with Crippen molar-refractivity contribution in [1.29, 1.82) is 0 Å². The SMILES string of the molecule is C=C(C)C(=O)OCCC1Cc2c(C)c(O)c(C)c(C)c2OC1(C)C(=O)O. The maximum atomic E-state index is 12.0. The number of aliphatic carboxylic acids is 1. The lowest BCUT2D eigenvalue weighted by Gasteiger charge is -2.41. The number of carboxylic acids is 1. The van der Waals surface area contributed by atoms with E-state index < -0.39 is 23.5 Å². The fraction of sp³-hybridized carbons (Fsp3) is 0.500. The Morgan fingerprint density at radius 2 is 1.88 bits per heavy atom. The highest BCUT2D eigenvalue weighted by atomic mass is 16.5. The number of carbonyl (C=O) groups excluding carboxylic acids is 1. The van der Waals surface area contributed by atoms with Gasteiger partial charge in [0.25, 0.3) is 0 Å². The molecule has 1 aliphatic rings. The second-order valence-electron chi connectivity index (χ2n) is 7.15. The fourth-order valence-corrected chi connectivity index (χ4v) is 3.30. The highest BCUT2D eigenvalue weighted by Gasteiger charge is 2.48.